The molecule has 106 valence electrons. The molecule has 1 aromatic carbocycles. The van der Waals surface area contributed by atoms with Crippen molar-refractivity contribution >= 4 is 11.6 Å². The first kappa shape index (κ1) is 15.5. The number of amides is 1. The lowest BCUT2D eigenvalue weighted by atomic mass is 10.1. The Labute approximate surface area is 114 Å². The lowest BCUT2D eigenvalue weighted by Gasteiger charge is -2.15. The van der Waals surface area contributed by atoms with E-state index < -0.39 is 6.04 Å². The molecule has 5 nitrogen and oxygen atoms in total. The van der Waals surface area contributed by atoms with Crippen LogP contribution in [-0.4, -0.2) is 32.3 Å². The van der Waals surface area contributed by atoms with Gasteiger partial charge in [0.1, 0.15) is 12.4 Å². The van der Waals surface area contributed by atoms with E-state index in [1.165, 1.54) is 0 Å². The summed E-state index contributed by atoms with van der Waals surface area (Å²) in [6.07, 6.45) is 0. The maximum Gasteiger partial charge on any atom is 0.241 e. The highest BCUT2D eigenvalue weighted by Gasteiger charge is 2.16. The number of benzene rings is 1. The van der Waals surface area contributed by atoms with Gasteiger partial charge in [-0.25, -0.2) is 0 Å². The van der Waals surface area contributed by atoms with Crippen LogP contribution in [0.3, 0.4) is 0 Å². The summed E-state index contributed by atoms with van der Waals surface area (Å²) in [5, 5.41) is 2.77. The quantitative estimate of drug-likeness (QED) is 0.736. The second kappa shape index (κ2) is 7.76. The Hall–Kier alpha value is -1.59. The Morgan fingerprint density at radius 2 is 1.89 bits per heavy atom. The van der Waals surface area contributed by atoms with Crippen molar-refractivity contribution < 1.29 is 14.3 Å². The number of ether oxygens (including phenoxy) is 2. The Kier molecular flexibility index (Phi) is 6.32. The molecule has 0 aromatic heterocycles. The second-order valence-corrected chi connectivity index (χ2v) is 4.62. The first-order valence-corrected chi connectivity index (χ1v) is 6.33. The van der Waals surface area contributed by atoms with Crippen molar-refractivity contribution in [3.8, 4) is 5.75 Å². The van der Waals surface area contributed by atoms with Crippen LogP contribution in [0.4, 0.5) is 5.69 Å². The summed E-state index contributed by atoms with van der Waals surface area (Å²) in [6.45, 7) is 4.87. The van der Waals surface area contributed by atoms with E-state index in [1.54, 1.807) is 31.4 Å². The molecule has 0 aliphatic heterocycles. The predicted octanol–water partition coefficient (Wildman–Crippen LogP) is 1.63. The van der Waals surface area contributed by atoms with Crippen LogP contribution in [0.5, 0.6) is 5.75 Å². The van der Waals surface area contributed by atoms with Gasteiger partial charge in [0.15, 0.2) is 0 Å². The predicted molar refractivity (Wildman–Crippen MR) is 75.3 cm³/mol. The third-order valence-electron chi connectivity index (χ3n) is 2.70. The third-order valence-corrected chi connectivity index (χ3v) is 2.70. The summed E-state index contributed by atoms with van der Waals surface area (Å²) in [5.41, 5.74) is 6.48. The Balaban J connectivity index is 2.50. The van der Waals surface area contributed by atoms with Gasteiger partial charge in [-0.05, 0) is 30.2 Å². The van der Waals surface area contributed by atoms with Gasteiger partial charge in [0.05, 0.1) is 12.6 Å². The first-order chi connectivity index (χ1) is 9.04. The molecule has 0 radical (unpaired) electrons. The summed E-state index contributed by atoms with van der Waals surface area (Å²) >= 11 is 0. The van der Waals surface area contributed by atoms with Gasteiger partial charge in [0.25, 0.3) is 0 Å². The molecule has 0 saturated heterocycles. The van der Waals surface area contributed by atoms with Crippen molar-refractivity contribution in [3.05, 3.63) is 24.3 Å². The van der Waals surface area contributed by atoms with Gasteiger partial charge in [-0.1, -0.05) is 13.8 Å². The van der Waals surface area contributed by atoms with Crippen molar-refractivity contribution in [2.45, 2.75) is 19.9 Å². The molecule has 19 heavy (non-hydrogen) atoms. The molecule has 0 bridgehead atoms. The highest BCUT2D eigenvalue weighted by molar-refractivity contribution is 5.94. The van der Waals surface area contributed by atoms with Crippen LogP contribution >= 0.6 is 0 Å². The second-order valence-electron chi connectivity index (χ2n) is 4.62. The molecule has 0 fully saturated rings. The van der Waals surface area contributed by atoms with Crippen LogP contribution in [0, 0.1) is 5.92 Å². The maximum atomic E-state index is 11.8. The van der Waals surface area contributed by atoms with Gasteiger partial charge in [0, 0.05) is 12.8 Å². The number of methoxy groups -OCH3 is 1. The summed E-state index contributed by atoms with van der Waals surface area (Å²) in [4.78, 5) is 11.8. The summed E-state index contributed by atoms with van der Waals surface area (Å²) in [7, 11) is 1.62. The fourth-order valence-corrected chi connectivity index (χ4v) is 1.41. The monoisotopic (exact) mass is 266 g/mol. The molecule has 0 heterocycles. The molecule has 3 N–H and O–H groups in total. The van der Waals surface area contributed by atoms with Crippen molar-refractivity contribution in [1.29, 1.82) is 0 Å². The van der Waals surface area contributed by atoms with Crippen LogP contribution in [0.2, 0.25) is 0 Å². The average molecular weight is 266 g/mol. The van der Waals surface area contributed by atoms with Crippen LogP contribution in [-0.2, 0) is 9.53 Å². The zero-order valence-electron chi connectivity index (χ0n) is 11.7. The van der Waals surface area contributed by atoms with Gasteiger partial charge in [-0.2, -0.15) is 0 Å². The molecule has 1 amide bonds. The Morgan fingerprint density at radius 1 is 1.26 bits per heavy atom. The average Bonchev–Trinajstić information content (AvgIpc) is 2.40. The van der Waals surface area contributed by atoms with Gasteiger partial charge < -0.3 is 20.5 Å². The highest BCUT2D eigenvalue weighted by atomic mass is 16.5. The van der Waals surface area contributed by atoms with E-state index in [2.05, 4.69) is 5.32 Å². The zero-order valence-corrected chi connectivity index (χ0v) is 11.7. The normalized spacial score (nSPS) is 12.3. The van der Waals surface area contributed by atoms with E-state index in [4.69, 9.17) is 15.2 Å². The van der Waals surface area contributed by atoms with Crippen molar-refractivity contribution in [3.63, 3.8) is 0 Å². The van der Waals surface area contributed by atoms with Crippen molar-refractivity contribution in [2.24, 2.45) is 11.7 Å². The van der Waals surface area contributed by atoms with Gasteiger partial charge in [-0.15, -0.1) is 0 Å². The molecular formula is C14H22N2O3. The minimum Gasteiger partial charge on any atom is -0.491 e. The lowest BCUT2D eigenvalue weighted by molar-refractivity contribution is -0.118. The third kappa shape index (κ3) is 5.28. The standard InChI is InChI=1S/C14H22N2O3/c1-10(2)13(15)14(17)16-11-4-6-12(7-5-11)19-9-8-18-3/h4-7,10,13H,8-9,15H2,1-3H3,(H,16,17)/t13-/m1/s1. The minimum absolute atomic E-state index is 0.108. The van der Waals surface area contributed by atoms with Gasteiger partial charge in [-0.3, -0.25) is 4.79 Å². The Morgan fingerprint density at radius 3 is 2.42 bits per heavy atom. The zero-order chi connectivity index (χ0) is 14.3. The number of anilines is 1. The molecule has 0 spiro atoms. The summed E-state index contributed by atoms with van der Waals surface area (Å²) < 4.78 is 10.3. The van der Waals surface area contributed by atoms with Gasteiger partial charge >= 0.3 is 0 Å². The summed E-state index contributed by atoms with van der Waals surface area (Å²) in [5.74, 6) is 0.669. The summed E-state index contributed by atoms with van der Waals surface area (Å²) in [6, 6.07) is 6.66. The largest absolute Gasteiger partial charge is 0.491 e. The number of rotatable bonds is 7. The van der Waals surface area contributed by atoms with Gasteiger partial charge in [0.2, 0.25) is 5.91 Å². The number of hydrogen-bond acceptors (Lipinski definition) is 4. The minimum atomic E-state index is -0.502. The van der Waals surface area contributed by atoms with E-state index in [9.17, 15) is 4.79 Å². The highest BCUT2D eigenvalue weighted by Crippen LogP contribution is 2.16. The van der Waals surface area contributed by atoms with Crippen molar-refractivity contribution in [1.82, 2.24) is 0 Å². The number of carbonyl (C=O) groups is 1. The van der Waals surface area contributed by atoms with E-state index in [0.29, 0.717) is 18.9 Å². The molecule has 1 atom stereocenters. The first-order valence-electron chi connectivity index (χ1n) is 6.33. The molecule has 0 aliphatic rings. The number of hydrogen-bond donors (Lipinski definition) is 2. The van der Waals surface area contributed by atoms with Crippen LogP contribution < -0.4 is 15.8 Å². The topological polar surface area (TPSA) is 73.6 Å². The SMILES string of the molecule is COCCOc1ccc(NC(=O)[C@H](N)C(C)C)cc1. The van der Waals surface area contributed by atoms with Crippen LogP contribution in [0.1, 0.15) is 13.8 Å². The lowest BCUT2D eigenvalue weighted by Crippen LogP contribution is -2.39. The molecule has 5 heteroatoms. The molecular weight excluding hydrogens is 244 g/mol. The van der Waals surface area contributed by atoms with E-state index in [1.807, 2.05) is 13.8 Å². The fourth-order valence-electron chi connectivity index (χ4n) is 1.41. The van der Waals surface area contributed by atoms with E-state index in [-0.39, 0.29) is 11.8 Å². The molecule has 1 aromatic rings. The number of nitrogens with one attached hydrogen (secondary N) is 1. The van der Waals surface area contributed by atoms with E-state index >= 15 is 0 Å². The number of nitrogens with two attached hydrogens (primary N) is 1. The molecule has 0 unspecified atom stereocenters. The van der Waals surface area contributed by atoms with Crippen LogP contribution in [0.25, 0.3) is 0 Å². The number of carbonyl (C=O) groups excluding carboxylic acids is 1. The molecule has 0 aliphatic carbocycles. The Bertz CT molecular complexity index is 390. The fraction of sp³-hybridized carbons (Fsp3) is 0.500. The molecule has 1 rings (SSSR count). The van der Waals surface area contributed by atoms with Crippen LogP contribution in [0.15, 0.2) is 24.3 Å². The van der Waals surface area contributed by atoms with Crippen molar-refractivity contribution in [2.75, 3.05) is 25.6 Å². The molecule has 0 saturated carbocycles. The smallest absolute Gasteiger partial charge is 0.241 e. The maximum absolute atomic E-state index is 11.8. The van der Waals surface area contributed by atoms with E-state index in [0.717, 1.165) is 5.75 Å².